The zero-order valence-electron chi connectivity index (χ0n) is 10.9. The van der Waals surface area contributed by atoms with Gasteiger partial charge in [0, 0.05) is 6.04 Å². The van der Waals surface area contributed by atoms with Crippen LogP contribution in [0, 0.1) is 5.92 Å². The molecule has 0 aliphatic carbocycles. The minimum Gasteiger partial charge on any atom is -0.495 e. The number of nitrogens with zero attached hydrogens (tertiary/aromatic N) is 1. The monoisotopic (exact) mass is 256 g/mol. The molecule has 0 saturated carbocycles. The van der Waals surface area contributed by atoms with Crippen LogP contribution < -0.4 is 10.5 Å². The molecule has 96 valence electrons. The van der Waals surface area contributed by atoms with Crippen molar-refractivity contribution in [3.63, 3.8) is 0 Å². The Hall–Kier alpha value is -0.770. The van der Waals surface area contributed by atoms with E-state index in [9.17, 15) is 0 Å². The third kappa shape index (κ3) is 3.35. The van der Waals surface area contributed by atoms with Crippen LogP contribution in [0.15, 0.2) is 18.2 Å². The summed E-state index contributed by atoms with van der Waals surface area (Å²) in [4.78, 5) is 2.16. The molecule has 0 aliphatic heterocycles. The van der Waals surface area contributed by atoms with E-state index in [0.29, 0.717) is 23.2 Å². The Kier molecular flexibility index (Phi) is 5.25. The number of ether oxygens (including phenoxy) is 1. The van der Waals surface area contributed by atoms with Crippen LogP contribution in [0.5, 0.6) is 5.75 Å². The first-order valence-electron chi connectivity index (χ1n) is 5.71. The molecule has 3 nitrogen and oxygen atoms in total. The molecule has 0 radical (unpaired) electrons. The molecule has 2 unspecified atom stereocenters. The maximum atomic E-state index is 6.15. The van der Waals surface area contributed by atoms with Gasteiger partial charge in [-0.2, -0.15) is 0 Å². The van der Waals surface area contributed by atoms with Crippen LogP contribution in [0.25, 0.3) is 0 Å². The number of nitrogens with two attached hydrogens (primary N) is 1. The first-order chi connectivity index (χ1) is 8.01. The summed E-state index contributed by atoms with van der Waals surface area (Å²) in [5, 5.41) is 0.640. The van der Waals surface area contributed by atoms with Gasteiger partial charge in [-0.25, -0.2) is 0 Å². The zero-order valence-corrected chi connectivity index (χ0v) is 11.7. The van der Waals surface area contributed by atoms with Gasteiger partial charge in [-0.15, -0.1) is 0 Å². The smallest absolute Gasteiger partial charge is 0.137 e. The lowest BCUT2D eigenvalue weighted by molar-refractivity contribution is 0.227. The molecule has 0 bridgehead atoms. The van der Waals surface area contributed by atoms with Crippen molar-refractivity contribution in [3.05, 3.63) is 28.8 Å². The van der Waals surface area contributed by atoms with Gasteiger partial charge in [0.25, 0.3) is 0 Å². The molecule has 2 N–H and O–H groups in total. The Morgan fingerprint density at radius 1 is 1.41 bits per heavy atom. The first-order valence-corrected chi connectivity index (χ1v) is 6.09. The summed E-state index contributed by atoms with van der Waals surface area (Å²) in [6.45, 7) is 2.79. The molecule has 17 heavy (non-hydrogen) atoms. The van der Waals surface area contributed by atoms with Gasteiger partial charge in [0.05, 0.1) is 12.1 Å². The molecule has 0 saturated heterocycles. The highest BCUT2D eigenvalue weighted by Gasteiger charge is 2.21. The standard InChI is InChI=1S/C13H21ClN2O/c1-9(8-15)13(16(2)3)10-5-6-12(17-4)11(14)7-10/h5-7,9,13H,8,15H2,1-4H3. The van der Waals surface area contributed by atoms with E-state index in [1.807, 2.05) is 18.2 Å². The Bertz CT molecular complexity index is 368. The number of hydrogen-bond donors (Lipinski definition) is 1. The van der Waals surface area contributed by atoms with Crippen molar-refractivity contribution in [2.24, 2.45) is 11.7 Å². The van der Waals surface area contributed by atoms with Crippen LogP contribution >= 0.6 is 11.6 Å². The summed E-state index contributed by atoms with van der Waals surface area (Å²) >= 11 is 6.15. The lowest BCUT2D eigenvalue weighted by Crippen LogP contribution is -2.30. The van der Waals surface area contributed by atoms with Gasteiger partial charge in [0.2, 0.25) is 0 Å². The highest BCUT2D eigenvalue weighted by Crippen LogP contribution is 2.32. The van der Waals surface area contributed by atoms with Crippen LogP contribution in [0.3, 0.4) is 0 Å². The Labute approximate surface area is 109 Å². The van der Waals surface area contributed by atoms with E-state index < -0.39 is 0 Å². The van der Waals surface area contributed by atoms with Crippen LogP contribution in [0.1, 0.15) is 18.5 Å². The van der Waals surface area contributed by atoms with Crippen molar-refractivity contribution in [1.82, 2.24) is 4.90 Å². The fourth-order valence-electron chi connectivity index (χ4n) is 2.13. The van der Waals surface area contributed by atoms with Gasteiger partial charge in [-0.1, -0.05) is 24.6 Å². The average Bonchev–Trinajstić information content (AvgIpc) is 2.28. The Balaban J connectivity index is 3.07. The van der Waals surface area contributed by atoms with Gasteiger partial charge in [0.15, 0.2) is 0 Å². The van der Waals surface area contributed by atoms with Crippen LogP contribution in [-0.4, -0.2) is 32.6 Å². The number of hydrogen-bond acceptors (Lipinski definition) is 3. The summed E-state index contributed by atoms with van der Waals surface area (Å²) in [6.07, 6.45) is 0. The van der Waals surface area contributed by atoms with Gasteiger partial charge in [0.1, 0.15) is 5.75 Å². The van der Waals surface area contributed by atoms with Gasteiger partial charge < -0.3 is 15.4 Å². The second-order valence-electron chi connectivity index (χ2n) is 4.52. The fourth-order valence-corrected chi connectivity index (χ4v) is 2.40. The zero-order chi connectivity index (χ0) is 13.0. The highest BCUT2D eigenvalue weighted by molar-refractivity contribution is 6.32. The molecule has 1 rings (SSSR count). The molecule has 2 atom stereocenters. The molecular weight excluding hydrogens is 236 g/mol. The minimum absolute atomic E-state index is 0.267. The van der Waals surface area contributed by atoms with E-state index in [4.69, 9.17) is 22.1 Å². The van der Waals surface area contributed by atoms with Crippen molar-refractivity contribution < 1.29 is 4.74 Å². The molecule has 0 spiro atoms. The van der Waals surface area contributed by atoms with Crippen molar-refractivity contribution >= 4 is 11.6 Å². The van der Waals surface area contributed by atoms with Crippen LogP contribution in [-0.2, 0) is 0 Å². The largest absolute Gasteiger partial charge is 0.495 e. The molecule has 4 heteroatoms. The van der Waals surface area contributed by atoms with E-state index >= 15 is 0 Å². The van der Waals surface area contributed by atoms with Crippen molar-refractivity contribution in [2.75, 3.05) is 27.7 Å². The summed E-state index contributed by atoms with van der Waals surface area (Å²) in [6, 6.07) is 6.17. The number of rotatable bonds is 5. The maximum Gasteiger partial charge on any atom is 0.137 e. The molecular formula is C13H21ClN2O. The van der Waals surface area contributed by atoms with Crippen molar-refractivity contribution in [1.29, 1.82) is 0 Å². The normalized spacial score (nSPS) is 14.8. The van der Waals surface area contributed by atoms with Gasteiger partial charge in [-0.05, 0) is 44.3 Å². The Morgan fingerprint density at radius 2 is 2.06 bits per heavy atom. The third-order valence-corrected chi connectivity index (χ3v) is 3.28. The number of halogens is 1. The number of benzene rings is 1. The van der Waals surface area contributed by atoms with Crippen molar-refractivity contribution in [2.45, 2.75) is 13.0 Å². The lowest BCUT2D eigenvalue weighted by atomic mass is 9.93. The van der Waals surface area contributed by atoms with Crippen LogP contribution in [0.2, 0.25) is 5.02 Å². The fraction of sp³-hybridized carbons (Fsp3) is 0.538. The summed E-state index contributed by atoms with van der Waals surface area (Å²) < 4.78 is 5.16. The van der Waals surface area contributed by atoms with Crippen LogP contribution in [0.4, 0.5) is 0 Å². The summed E-state index contributed by atoms with van der Waals surface area (Å²) in [5.41, 5.74) is 6.92. The molecule has 1 aromatic carbocycles. The Morgan fingerprint density at radius 3 is 2.47 bits per heavy atom. The molecule has 0 amide bonds. The molecule has 0 heterocycles. The second-order valence-corrected chi connectivity index (χ2v) is 4.92. The lowest BCUT2D eigenvalue weighted by Gasteiger charge is -2.30. The number of methoxy groups -OCH3 is 1. The van der Waals surface area contributed by atoms with Crippen molar-refractivity contribution in [3.8, 4) is 5.75 Å². The summed E-state index contributed by atoms with van der Waals surface area (Å²) in [5.74, 6) is 1.07. The van der Waals surface area contributed by atoms with E-state index in [2.05, 4.69) is 25.9 Å². The predicted molar refractivity (Wildman–Crippen MR) is 72.7 cm³/mol. The minimum atomic E-state index is 0.267. The third-order valence-electron chi connectivity index (χ3n) is 2.98. The van der Waals surface area contributed by atoms with E-state index in [-0.39, 0.29) is 6.04 Å². The predicted octanol–water partition coefficient (Wildman–Crippen LogP) is 2.55. The topological polar surface area (TPSA) is 38.5 Å². The average molecular weight is 257 g/mol. The molecule has 0 fully saturated rings. The highest BCUT2D eigenvalue weighted by atomic mass is 35.5. The SMILES string of the molecule is COc1ccc(C(C(C)CN)N(C)C)cc1Cl. The van der Waals surface area contributed by atoms with E-state index in [1.165, 1.54) is 5.56 Å². The molecule has 0 aliphatic rings. The molecule has 0 aromatic heterocycles. The first kappa shape index (κ1) is 14.3. The van der Waals surface area contributed by atoms with E-state index in [1.54, 1.807) is 7.11 Å². The van der Waals surface area contributed by atoms with Gasteiger partial charge >= 0.3 is 0 Å². The molecule has 1 aromatic rings. The second kappa shape index (κ2) is 6.24. The van der Waals surface area contributed by atoms with Gasteiger partial charge in [-0.3, -0.25) is 0 Å². The maximum absolute atomic E-state index is 6.15. The van der Waals surface area contributed by atoms with E-state index in [0.717, 1.165) is 0 Å². The summed E-state index contributed by atoms with van der Waals surface area (Å²) in [7, 11) is 5.72. The quantitative estimate of drug-likeness (QED) is 0.880.